The number of furan rings is 1. The number of nitrogens with one attached hydrogen (secondary N) is 1. The van der Waals surface area contributed by atoms with Crippen LogP contribution in [0.1, 0.15) is 32.1 Å². The molecule has 0 spiro atoms. The van der Waals surface area contributed by atoms with Crippen LogP contribution in [0.4, 0.5) is 4.39 Å². The van der Waals surface area contributed by atoms with Crippen molar-refractivity contribution in [1.82, 2.24) is 5.32 Å². The first-order valence-electron chi connectivity index (χ1n) is 6.73. The molecule has 0 bridgehead atoms. The van der Waals surface area contributed by atoms with E-state index in [9.17, 15) is 4.39 Å². The molecule has 114 valence electrons. The lowest BCUT2D eigenvalue weighted by Gasteiger charge is -2.20. The maximum Gasteiger partial charge on any atom is 0.146 e. The zero-order valence-corrected chi connectivity index (χ0v) is 14.0. The quantitative estimate of drug-likeness (QED) is 0.847. The molecular weight excluding hydrogens is 337 g/mol. The Morgan fingerprint density at radius 2 is 2.05 bits per heavy atom. The summed E-state index contributed by atoms with van der Waals surface area (Å²) in [5.74, 6) is 1.05. The average molecular weight is 356 g/mol. The maximum absolute atomic E-state index is 13.0. The Morgan fingerprint density at radius 3 is 2.71 bits per heavy atom. The fourth-order valence-corrected chi connectivity index (χ4v) is 2.21. The van der Waals surface area contributed by atoms with Crippen LogP contribution < -0.4 is 10.1 Å². The van der Waals surface area contributed by atoms with Gasteiger partial charge in [0.2, 0.25) is 0 Å². The predicted molar refractivity (Wildman–Crippen MR) is 83.7 cm³/mol. The van der Waals surface area contributed by atoms with Crippen LogP contribution in [0.25, 0.3) is 0 Å². The minimum Gasteiger partial charge on any atom is -0.484 e. The highest BCUT2D eigenvalue weighted by molar-refractivity contribution is 9.10. The van der Waals surface area contributed by atoms with Gasteiger partial charge < -0.3 is 14.5 Å². The Labute approximate surface area is 132 Å². The zero-order chi connectivity index (χ0) is 15.5. The summed E-state index contributed by atoms with van der Waals surface area (Å²) in [6.07, 6.45) is 1.65. The van der Waals surface area contributed by atoms with Crippen LogP contribution in [0.5, 0.6) is 5.75 Å². The van der Waals surface area contributed by atoms with E-state index in [0.717, 1.165) is 11.3 Å². The molecule has 2 aromatic rings. The summed E-state index contributed by atoms with van der Waals surface area (Å²) in [5.41, 5.74) is 1.10. The molecule has 1 aromatic heterocycles. The van der Waals surface area contributed by atoms with Gasteiger partial charge in [-0.05, 0) is 61.0 Å². The largest absolute Gasteiger partial charge is 0.484 e. The maximum atomic E-state index is 13.0. The molecule has 0 aliphatic rings. The number of rotatable bonds is 5. The first-order valence-corrected chi connectivity index (χ1v) is 7.52. The van der Waals surface area contributed by atoms with Gasteiger partial charge in [-0.15, -0.1) is 0 Å². The lowest BCUT2D eigenvalue weighted by molar-refractivity contribution is 0.265. The summed E-state index contributed by atoms with van der Waals surface area (Å²) in [5, 5.41) is 3.41. The van der Waals surface area contributed by atoms with Crippen LogP contribution in [0.2, 0.25) is 0 Å². The van der Waals surface area contributed by atoms with Gasteiger partial charge in [0.15, 0.2) is 0 Å². The summed E-state index contributed by atoms with van der Waals surface area (Å²) in [4.78, 5) is 0. The minimum absolute atomic E-state index is 0.0371. The predicted octanol–water partition coefficient (Wildman–Crippen LogP) is 4.65. The van der Waals surface area contributed by atoms with Gasteiger partial charge in [-0.1, -0.05) is 0 Å². The van der Waals surface area contributed by atoms with Gasteiger partial charge in [-0.3, -0.25) is 0 Å². The van der Waals surface area contributed by atoms with E-state index in [1.807, 2.05) is 6.07 Å². The molecule has 0 saturated heterocycles. The van der Waals surface area contributed by atoms with Crippen molar-refractivity contribution in [3.8, 4) is 5.75 Å². The second-order valence-electron chi connectivity index (χ2n) is 5.84. The standard InChI is InChI=1S/C16H19BrFNO2/c1-16(2,3)19-9-11-6-7-20-15(11)10-21-14-5-4-12(18)8-13(14)17/h4-8,19H,9-10H2,1-3H3. The van der Waals surface area contributed by atoms with Crippen molar-refractivity contribution >= 4 is 15.9 Å². The second kappa shape index (κ2) is 6.62. The molecule has 0 aliphatic heterocycles. The van der Waals surface area contributed by atoms with E-state index in [1.165, 1.54) is 12.1 Å². The molecule has 0 amide bonds. The molecule has 3 nitrogen and oxygen atoms in total. The molecule has 0 radical (unpaired) electrons. The Kier molecular flexibility index (Phi) is 5.06. The third-order valence-electron chi connectivity index (χ3n) is 2.90. The molecule has 0 aliphatic carbocycles. The highest BCUT2D eigenvalue weighted by Gasteiger charge is 2.13. The van der Waals surface area contributed by atoms with Crippen molar-refractivity contribution in [3.63, 3.8) is 0 Å². The van der Waals surface area contributed by atoms with Crippen LogP contribution in [0.3, 0.4) is 0 Å². The summed E-state index contributed by atoms with van der Waals surface area (Å²) < 4.78 is 24.7. The first-order chi connectivity index (χ1) is 9.85. The molecule has 0 unspecified atom stereocenters. The van der Waals surface area contributed by atoms with Gasteiger partial charge in [0, 0.05) is 17.6 Å². The summed E-state index contributed by atoms with van der Waals surface area (Å²) in [6.45, 7) is 7.35. The SMILES string of the molecule is CC(C)(C)NCc1ccoc1COc1ccc(F)cc1Br. The molecule has 0 atom stereocenters. The third kappa shape index (κ3) is 4.86. The van der Waals surface area contributed by atoms with Crippen LogP contribution in [-0.2, 0) is 13.2 Å². The molecule has 0 fully saturated rings. The number of benzene rings is 1. The van der Waals surface area contributed by atoms with Gasteiger partial charge in [-0.25, -0.2) is 4.39 Å². The van der Waals surface area contributed by atoms with Crippen molar-refractivity contribution in [3.05, 3.63) is 52.1 Å². The summed E-state index contributed by atoms with van der Waals surface area (Å²) in [6, 6.07) is 6.26. The molecular formula is C16H19BrFNO2. The van der Waals surface area contributed by atoms with E-state index < -0.39 is 0 Å². The normalized spacial score (nSPS) is 11.7. The zero-order valence-electron chi connectivity index (χ0n) is 12.4. The Bertz CT molecular complexity index is 605. The number of ether oxygens (including phenoxy) is 1. The highest BCUT2D eigenvalue weighted by atomic mass is 79.9. The fraction of sp³-hybridized carbons (Fsp3) is 0.375. The van der Waals surface area contributed by atoms with Gasteiger partial charge in [0.25, 0.3) is 0 Å². The lowest BCUT2D eigenvalue weighted by atomic mass is 10.1. The van der Waals surface area contributed by atoms with E-state index in [-0.39, 0.29) is 11.4 Å². The van der Waals surface area contributed by atoms with E-state index >= 15 is 0 Å². The second-order valence-corrected chi connectivity index (χ2v) is 6.69. The molecule has 5 heteroatoms. The number of hydrogen-bond donors (Lipinski definition) is 1. The Hall–Kier alpha value is -1.33. The third-order valence-corrected chi connectivity index (χ3v) is 3.52. The first kappa shape index (κ1) is 16.0. The van der Waals surface area contributed by atoms with Gasteiger partial charge in [-0.2, -0.15) is 0 Å². The van der Waals surface area contributed by atoms with E-state index in [0.29, 0.717) is 23.4 Å². The molecule has 21 heavy (non-hydrogen) atoms. The van der Waals surface area contributed by atoms with Crippen molar-refractivity contribution in [1.29, 1.82) is 0 Å². The molecule has 1 heterocycles. The van der Waals surface area contributed by atoms with E-state index in [2.05, 4.69) is 42.0 Å². The van der Waals surface area contributed by atoms with Crippen molar-refractivity contribution in [2.75, 3.05) is 0 Å². The van der Waals surface area contributed by atoms with Gasteiger partial charge in [0.1, 0.15) is 23.9 Å². The van der Waals surface area contributed by atoms with Gasteiger partial charge >= 0.3 is 0 Å². The van der Waals surface area contributed by atoms with E-state index in [1.54, 1.807) is 12.3 Å². The van der Waals surface area contributed by atoms with Crippen molar-refractivity contribution in [2.45, 2.75) is 39.5 Å². The minimum atomic E-state index is -0.303. The van der Waals surface area contributed by atoms with Crippen molar-refractivity contribution in [2.24, 2.45) is 0 Å². The summed E-state index contributed by atoms with van der Waals surface area (Å²) >= 11 is 3.28. The number of halogens is 2. The summed E-state index contributed by atoms with van der Waals surface area (Å²) in [7, 11) is 0. The van der Waals surface area contributed by atoms with Crippen LogP contribution in [0.15, 0.2) is 39.4 Å². The van der Waals surface area contributed by atoms with E-state index in [4.69, 9.17) is 9.15 Å². The average Bonchev–Trinajstić information content (AvgIpc) is 2.82. The molecule has 2 rings (SSSR count). The monoisotopic (exact) mass is 355 g/mol. The molecule has 0 saturated carbocycles. The highest BCUT2D eigenvalue weighted by Crippen LogP contribution is 2.26. The van der Waals surface area contributed by atoms with Gasteiger partial charge in [0.05, 0.1) is 10.7 Å². The topological polar surface area (TPSA) is 34.4 Å². The molecule has 1 aromatic carbocycles. The lowest BCUT2D eigenvalue weighted by Crippen LogP contribution is -2.35. The van der Waals surface area contributed by atoms with Crippen LogP contribution in [-0.4, -0.2) is 5.54 Å². The Balaban J connectivity index is 1.99. The van der Waals surface area contributed by atoms with Crippen molar-refractivity contribution < 1.29 is 13.5 Å². The fourth-order valence-electron chi connectivity index (χ4n) is 1.75. The number of hydrogen-bond acceptors (Lipinski definition) is 3. The molecule has 1 N–H and O–H groups in total. The smallest absolute Gasteiger partial charge is 0.146 e. The Morgan fingerprint density at radius 1 is 1.29 bits per heavy atom. The van der Waals surface area contributed by atoms with Crippen LogP contribution >= 0.6 is 15.9 Å². The van der Waals surface area contributed by atoms with Crippen LogP contribution in [0, 0.1) is 5.82 Å².